The van der Waals surface area contributed by atoms with Gasteiger partial charge in [-0.25, -0.2) is 0 Å². The van der Waals surface area contributed by atoms with Gasteiger partial charge in [-0.3, -0.25) is 4.90 Å². The van der Waals surface area contributed by atoms with Gasteiger partial charge in [0.25, 0.3) is 0 Å². The van der Waals surface area contributed by atoms with E-state index in [9.17, 15) is 5.11 Å². The number of phenols is 1. The van der Waals surface area contributed by atoms with Gasteiger partial charge in [0.15, 0.2) is 0 Å². The number of rotatable bonds is 3. The molecule has 0 unspecified atom stereocenters. The second-order valence-electron chi connectivity index (χ2n) is 5.50. The monoisotopic (exact) mass is 287 g/mol. The molecule has 3 rings (SSSR count). The fourth-order valence-corrected chi connectivity index (χ4v) is 2.62. The number of aromatic hydroxyl groups is 1. The number of aromatic nitrogens is 3. The Bertz CT molecular complexity index is 599. The first-order valence-electron chi connectivity index (χ1n) is 7.24. The van der Waals surface area contributed by atoms with E-state index in [1.54, 1.807) is 12.1 Å². The second kappa shape index (κ2) is 5.73. The zero-order valence-electron chi connectivity index (χ0n) is 12.5. The van der Waals surface area contributed by atoms with Crippen molar-refractivity contribution in [3.05, 3.63) is 35.9 Å². The summed E-state index contributed by atoms with van der Waals surface area (Å²) in [6, 6.07) is 7.42. The van der Waals surface area contributed by atoms with Crippen molar-refractivity contribution in [3.63, 3.8) is 0 Å². The van der Waals surface area contributed by atoms with Gasteiger partial charge in [0, 0.05) is 38.9 Å². The van der Waals surface area contributed by atoms with Gasteiger partial charge in [-0.05, 0) is 31.2 Å². The van der Waals surface area contributed by atoms with E-state index in [1.165, 1.54) is 5.69 Å². The highest BCUT2D eigenvalue weighted by Gasteiger charge is 2.19. The molecule has 6 nitrogen and oxygen atoms in total. The Hall–Kier alpha value is -2.08. The van der Waals surface area contributed by atoms with Crippen molar-refractivity contribution in [2.24, 2.45) is 7.05 Å². The molecule has 6 heteroatoms. The zero-order chi connectivity index (χ0) is 14.8. The molecule has 112 valence electrons. The summed E-state index contributed by atoms with van der Waals surface area (Å²) in [6.07, 6.45) is 0. The van der Waals surface area contributed by atoms with Gasteiger partial charge in [-0.1, -0.05) is 0 Å². The number of hydrogen-bond acceptors (Lipinski definition) is 5. The van der Waals surface area contributed by atoms with E-state index in [2.05, 4.69) is 20.0 Å². The lowest BCUT2D eigenvalue weighted by atomic mass is 10.2. The number of aryl methyl sites for hydroxylation is 1. The predicted octanol–water partition coefficient (Wildman–Crippen LogP) is 1.15. The van der Waals surface area contributed by atoms with Crippen LogP contribution in [0.15, 0.2) is 24.3 Å². The van der Waals surface area contributed by atoms with Crippen molar-refractivity contribution in [1.29, 1.82) is 0 Å². The van der Waals surface area contributed by atoms with Crippen molar-refractivity contribution < 1.29 is 5.11 Å². The summed E-state index contributed by atoms with van der Waals surface area (Å²) >= 11 is 0. The molecule has 1 aliphatic rings. The van der Waals surface area contributed by atoms with Crippen LogP contribution in [0.2, 0.25) is 0 Å². The number of benzene rings is 1. The Kier molecular flexibility index (Phi) is 3.79. The summed E-state index contributed by atoms with van der Waals surface area (Å²) in [4.78, 5) is 4.75. The van der Waals surface area contributed by atoms with Gasteiger partial charge >= 0.3 is 0 Å². The summed E-state index contributed by atoms with van der Waals surface area (Å²) in [5.74, 6) is 2.29. The van der Waals surface area contributed by atoms with E-state index in [4.69, 9.17) is 0 Å². The van der Waals surface area contributed by atoms with Crippen LogP contribution >= 0.6 is 0 Å². The minimum absolute atomic E-state index is 0.315. The molecule has 0 atom stereocenters. The van der Waals surface area contributed by atoms with Crippen molar-refractivity contribution in [1.82, 2.24) is 19.7 Å². The van der Waals surface area contributed by atoms with Crippen LogP contribution in [-0.4, -0.2) is 50.9 Å². The Morgan fingerprint density at radius 2 is 1.71 bits per heavy atom. The van der Waals surface area contributed by atoms with Gasteiger partial charge in [-0.15, -0.1) is 10.2 Å². The average Bonchev–Trinajstić information content (AvgIpc) is 2.81. The number of nitrogens with zero attached hydrogens (tertiary/aromatic N) is 5. The van der Waals surface area contributed by atoms with Crippen LogP contribution in [0.5, 0.6) is 5.75 Å². The molecule has 1 aliphatic heterocycles. The van der Waals surface area contributed by atoms with Crippen molar-refractivity contribution in [2.75, 3.05) is 31.1 Å². The number of phenolic OH excluding ortho intramolecular Hbond substituents is 1. The Balaban J connectivity index is 1.58. The predicted molar refractivity (Wildman–Crippen MR) is 81.3 cm³/mol. The zero-order valence-corrected chi connectivity index (χ0v) is 12.5. The fourth-order valence-electron chi connectivity index (χ4n) is 2.62. The smallest absolute Gasteiger partial charge is 0.146 e. The summed E-state index contributed by atoms with van der Waals surface area (Å²) in [6.45, 7) is 6.81. The molecule has 2 heterocycles. The van der Waals surface area contributed by atoms with Crippen molar-refractivity contribution in [2.45, 2.75) is 13.5 Å². The Labute approximate surface area is 124 Å². The molecular formula is C15H21N5O. The lowest BCUT2D eigenvalue weighted by molar-refractivity contribution is 0.241. The first-order chi connectivity index (χ1) is 10.1. The van der Waals surface area contributed by atoms with Gasteiger partial charge in [0.1, 0.15) is 17.4 Å². The molecular weight excluding hydrogens is 266 g/mol. The molecule has 0 radical (unpaired) electrons. The maximum absolute atomic E-state index is 9.35. The molecule has 0 amide bonds. The van der Waals surface area contributed by atoms with E-state index in [0.29, 0.717) is 5.75 Å². The van der Waals surface area contributed by atoms with Crippen LogP contribution in [0.3, 0.4) is 0 Å². The molecule has 1 fully saturated rings. The fraction of sp³-hybridized carbons (Fsp3) is 0.467. The molecule has 0 bridgehead atoms. The molecule has 1 aromatic heterocycles. The molecule has 1 N–H and O–H groups in total. The Morgan fingerprint density at radius 1 is 1.05 bits per heavy atom. The second-order valence-corrected chi connectivity index (χ2v) is 5.50. The number of piperazine rings is 1. The third-order valence-corrected chi connectivity index (χ3v) is 4.13. The standard InChI is InChI=1S/C15H21N5O/c1-12-16-17-15(18(12)2)11-19-7-9-20(10-8-19)13-3-5-14(21)6-4-13/h3-6,21H,7-11H2,1-2H3. The third kappa shape index (κ3) is 3.00. The minimum Gasteiger partial charge on any atom is -0.508 e. The van der Waals surface area contributed by atoms with E-state index in [0.717, 1.165) is 44.4 Å². The average molecular weight is 287 g/mol. The third-order valence-electron chi connectivity index (χ3n) is 4.13. The molecule has 1 aromatic carbocycles. The maximum atomic E-state index is 9.35. The Morgan fingerprint density at radius 3 is 2.29 bits per heavy atom. The van der Waals surface area contributed by atoms with Gasteiger partial charge < -0.3 is 14.6 Å². The van der Waals surface area contributed by atoms with Gasteiger partial charge in [0.2, 0.25) is 0 Å². The van der Waals surface area contributed by atoms with Crippen LogP contribution in [0.4, 0.5) is 5.69 Å². The summed E-state index contributed by atoms with van der Waals surface area (Å²) in [7, 11) is 2.01. The number of hydrogen-bond donors (Lipinski definition) is 1. The molecule has 21 heavy (non-hydrogen) atoms. The minimum atomic E-state index is 0.315. The largest absolute Gasteiger partial charge is 0.508 e. The summed E-state index contributed by atoms with van der Waals surface area (Å²) < 4.78 is 2.05. The highest BCUT2D eigenvalue weighted by atomic mass is 16.3. The molecule has 2 aromatic rings. The van der Waals surface area contributed by atoms with E-state index in [-0.39, 0.29) is 0 Å². The van der Waals surface area contributed by atoms with Crippen LogP contribution < -0.4 is 4.90 Å². The SMILES string of the molecule is Cc1nnc(CN2CCN(c3ccc(O)cc3)CC2)n1C. The molecule has 0 spiro atoms. The first-order valence-corrected chi connectivity index (χ1v) is 7.24. The normalized spacial score (nSPS) is 16.4. The highest BCUT2D eigenvalue weighted by molar-refractivity contribution is 5.49. The summed E-state index contributed by atoms with van der Waals surface area (Å²) in [5, 5.41) is 17.7. The lowest BCUT2D eigenvalue weighted by Crippen LogP contribution is -2.46. The highest BCUT2D eigenvalue weighted by Crippen LogP contribution is 2.20. The van der Waals surface area contributed by atoms with Gasteiger partial charge in [0.05, 0.1) is 6.54 Å². The molecule has 0 aliphatic carbocycles. The maximum Gasteiger partial charge on any atom is 0.146 e. The van der Waals surface area contributed by atoms with Gasteiger partial charge in [-0.2, -0.15) is 0 Å². The van der Waals surface area contributed by atoms with Crippen LogP contribution in [0, 0.1) is 6.92 Å². The topological polar surface area (TPSA) is 57.4 Å². The summed E-state index contributed by atoms with van der Waals surface area (Å²) in [5.41, 5.74) is 1.17. The van der Waals surface area contributed by atoms with E-state index >= 15 is 0 Å². The van der Waals surface area contributed by atoms with Crippen molar-refractivity contribution >= 4 is 5.69 Å². The molecule has 1 saturated heterocycles. The van der Waals surface area contributed by atoms with Crippen LogP contribution in [0.1, 0.15) is 11.6 Å². The number of anilines is 1. The quantitative estimate of drug-likeness (QED) is 0.918. The van der Waals surface area contributed by atoms with Crippen molar-refractivity contribution in [3.8, 4) is 5.75 Å². The van der Waals surface area contributed by atoms with E-state index in [1.807, 2.05) is 30.7 Å². The van der Waals surface area contributed by atoms with E-state index < -0.39 is 0 Å². The first kappa shape index (κ1) is 13.9. The molecule has 0 saturated carbocycles. The van der Waals surface area contributed by atoms with Crippen LogP contribution in [-0.2, 0) is 13.6 Å². The lowest BCUT2D eigenvalue weighted by Gasteiger charge is -2.35. The van der Waals surface area contributed by atoms with Crippen LogP contribution in [0.25, 0.3) is 0 Å².